The molecule has 32 heavy (non-hydrogen) atoms. The zero-order valence-corrected chi connectivity index (χ0v) is 18.1. The Morgan fingerprint density at radius 3 is 2.72 bits per heavy atom. The van der Waals surface area contributed by atoms with Crippen molar-refractivity contribution in [2.24, 2.45) is 7.05 Å². The van der Waals surface area contributed by atoms with Gasteiger partial charge in [-0.05, 0) is 36.8 Å². The third-order valence-electron chi connectivity index (χ3n) is 5.09. The van der Waals surface area contributed by atoms with E-state index in [1.165, 1.54) is 22.8 Å². The third kappa shape index (κ3) is 4.25. The van der Waals surface area contributed by atoms with Crippen molar-refractivity contribution in [3.05, 3.63) is 87.3 Å². The molecule has 0 bridgehead atoms. The molecular weight excluding hydrogens is 435 g/mol. The molecule has 1 unspecified atom stereocenters. The van der Waals surface area contributed by atoms with Gasteiger partial charge in [-0.15, -0.1) is 0 Å². The van der Waals surface area contributed by atoms with E-state index in [-0.39, 0.29) is 17.2 Å². The van der Waals surface area contributed by atoms with E-state index in [9.17, 15) is 14.3 Å². The molecule has 10 heteroatoms. The van der Waals surface area contributed by atoms with E-state index in [1.807, 2.05) is 14.0 Å². The first-order valence-corrected chi connectivity index (χ1v) is 10.1. The lowest BCUT2D eigenvalue weighted by molar-refractivity contribution is 0.247. The van der Waals surface area contributed by atoms with Crippen molar-refractivity contribution >= 4 is 23.4 Å². The standard InChI is InChI=1S/C22H20ClFN6O2/c1-13-11-26-29(2)21(13)28-22-25-7-5-18(27-22)14-6-8-30(20(32)10-14)19(12-31)15-3-4-16(23)17(24)9-15/h3-11,19,31H,12H2,1-2H3,(H,25,27,28). The molecule has 0 radical (unpaired) electrons. The van der Waals surface area contributed by atoms with Crippen LogP contribution in [-0.4, -0.2) is 36.0 Å². The number of aliphatic hydroxyl groups excluding tert-OH is 1. The van der Waals surface area contributed by atoms with Crippen LogP contribution in [-0.2, 0) is 7.05 Å². The number of hydrogen-bond donors (Lipinski definition) is 2. The summed E-state index contributed by atoms with van der Waals surface area (Å²) in [7, 11) is 1.81. The number of rotatable bonds is 6. The zero-order chi connectivity index (χ0) is 22.8. The quantitative estimate of drug-likeness (QED) is 0.463. The molecule has 164 valence electrons. The molecule has 4 aromatic rings. The molecule has 0 spiro atoms. The van der Waals surface area contributed by atoms with Crippen LogP contribution in [0.4, 0.5) is 16.2 Å². The Morgan fingerprint density at radius 2 is 2.06 bits per heavy atom. The number of anilines is 2. The van der Waals surface area contributed by atoms with Gasteiger partial charge in [-0.25, -0.2) is 14.4 Å². The maximum absolute atomic E-state index is 13.9. The number of aryl methyl sites for hydroxylation is 2. The average Bonchev–Trinajstić information content (AvgIpc) is 3.10. The first-order valence-electron chi connectivity index (χ1n) is 9.74. The van der Waals surface area contributed by atoms with Gasteiger partial charge in [0.25, 0.3) is 5.56 Å². The van der Waals surface area contributed by atoms with Crippen molar-refractivity contribution in [3.63, 3.8) is 0 Å². The van der Waals surface area contributed by atoms with Crippen LogP contribution in [0.5, 0.6) is 0 Å². The Labute approximate surface area is 188 Å². The number of benzene rings is 1. The molecule has 1 aromatic carbocycles. The summed E-state index contributed by atoms with van der Waals surface area (Å²) in [4.78, 5) is 21.6. The van der Waals surface area contributed by atoms with Gasteiger partial charge in [0, 0.05) is 36.6 Å². The van der Waals surface area contributed by atoms with Gasteiger partial charge in [-0.2, -0.15) is 5.10 Å². The molecule has 0 saturated carbocycles. The highest BCUT2D eigenvalue weighted by molar-refractivity contribution is 6.30. The normalized spacial score (nSPS) is 12.0. The van der Waals surface area contributed by atoms with Gasteiger partial charge < -0.3 is 15.0 Å². The van der Waals surface area contributed by atoms with Crippen LogP contribution >= 0.6 is 11.6 Å². The van der Waals surface area contributed by atoms with Crippen LogP contribution in [0.2, 0.25) is 5.02 Å². The summed E-state index contributed by atoms with van der Waals surface area (Å²) in [6.45, 7) is 1.54. The van der Waals surface area contributed by atoms with E-state index in [4.69, 9.17) is 11.6 Å². The van der Waals surface area contributed by atoms with Crippen molar-refractivity contribution in [1.29, 1.82) is 0 Å². The second-order valence-electron chi connectivity index (χ2n) is 7.22. The van der Waals surface area contributed by atoms with Crippen LogP contribution < -0.4 is 10.9 Å². The minimum absolute atomic E-state index is 0.0253. The Balaban J connectivity index is 1.64. The van der Waals surface area contributed by atoms with Crippen molar-refractivity contribution in [3.8, 4) is 11.3 Å². The van der Waals surface area contributed by atoms with E-state index in [2.05, 4.69) is 20.4 Å². The number of nitrogens with zero attached hydrogens (tertiary/aromatic N) is 5. The lowest BCUT2D eigenvalue weighted by Gasteiger charge is -2.18. The second-order valence-corrected chi connectivity index (χ2v) is 7.63. The molecule has 4 rings (SSSR count). The second kappa shape index (κ2) is 8.89. The Bertz CT molecular complexity index is 1320. The third-order valence-corrected chi connectivity index (χ3v) is 5.40. The summed E-state index contributed by atoms with van der Waals surface area (Å²) in [5.41, 5.74) is 2.14. The van der Waals surface area contributed by atoms with Crippen LogP contribution in [0, 0.1) is 12.7 Å². The average molecular weight is 455 g/mol. The first kappa shape index (κ1) is 21.7. The number of nitrogens with one attached hydrogen (secondary N) is 1. The maximum atomic E-state index is 13.9. The van der Waals surface area contributed by atoms with E-state index in [0.717, 1.165) is 11.4 Å². The molecule has 8 nitrogen and oxygen atoms in total. The van der Waals surface area contributed by atoms with E-state index < -0.39 is 11.9 Å². The number of halogens is 2. The monoisotopic (exact) mass is 454 g/mol. The van der Waals surface area contributed by atoms with Crippen LogP contribution in [0.1, 0.15) is 17.2 Å². The van der Waals surface area contributed by atoms with Gasteiger partial charge in [0.05, 0.1) is 29.6 Å². The molecule has 0 aliphatic carbocycles. The summed E-state index contributed by atoms with van der Waals surface area (Å²) >= 11 is 5.74. The highest BCUT2D eigenvalue weighted by atomic mass is 35.5. The lowest BCUT2D eigenvalue weighted by atomic mass is 10.1. The molecule has 0 aliphatic rings. The molecule has 0 aliphatic heterocycles. The van der Waals surface area contributed by atoms with Gasteiger partial charge in [-0.3, -0.25) is 9.48 Å². The minimum Gasteiger partial charge on any atom is -0.394 e. The molecular formula is C22H20ClFN6O2. The molecule has 3 heterocycles. The number of aromatic nitrogens is 5. The summed E-state index contributed by atoms with van der Waals surface area (Å²) in [6.07, 6.45) is 4.87. The minimum atomic E-state index is -0.751. The molecule has 0 amide bonds. The summed E-state index contributed by atoms with van der Waals surface area (Å²) in [5.74, 6) is 0.513. The predicted octanol–water partition coefficient (Wildman–Crippen LogP) is 3.47. The van der Waals surface area contributed by atoms with Crippen molar-refractivity contribution in [2.75, 3.05) is 11.9 Å². The molecule has 0 saturated heterocycles. The Morgan fingerprint density at radius 1 is 1.25 bits per heavy atom. The largest absolute Gasteiger partial charge is 0.394 e. The number of pyridine rings is 1. The van der Waals surface area contributed by atoms with Gasteiger partial charge in [0.1, 0.15) is 11.6 Å². The fraction of sp³-hybridized carbons (Fsp3) is 0.182. The highest BCUT2D eigenvalue weighted by Crippen LogP contribution is 2.24. The molecule has 1 atom stereocenters. The summed E-state index contributed by atoms with van der Waals surface area (Å²) in [6, 6.07) is 8.25. The lowest BCUT2D eigenvalue weighted by Crippen LogP contribution is -2.27. The Hall–Kier alpha value is -3.56. The van der Waals surface area contributed by atoms with Crippen LogP contribution in [0.25, 0.3) is 11.3 Å². The highest BCUT2D eigenvalue weighted by Gasteiger charge is 2.17. The molecule has 3 aromatic heterocycles. The van der Waals surface area contributed by atoms with E-state index >= 15 is 0 Å². The van der Waals surface area contributed by atoms with Gasteiger partial charge in [0.15, 0.2) is 0 Å². The molecule has 0 fully saturated rings. The fourth-order valence-corrected chi connectivity index (χ4v) is 3.51. The van der Waals surface area contributed by atoms with Crippen molar-refractivity contribution in [2.45, 2.75) is 13.0 Å². The van der Waals surface area contributed by atoms with Crippen LogP contribution in [0.15, 0.2) is 59.8 Å². The van der Waals surface area contributed by atoms with Gasteiger partial charge >= 0.3 is 0 Å². The Kier molecular flexibility index (Phi) is 6.02. The SMILES string of the molecule is Cc1cnn(C)c1Nc1nccc(-c2ccn(C(CO)c3ccc(Cl)c(F)c3)c(=O)c2)n1. The van der Waals surface area contributed by atoms with Crippen LogP contribution in [0.3, 0.4) is 0 Å². The van der Waals surface area contributed by atoms with Gasteiger partial charge in [-0.1, -0.05) is 17.7 Å². The van der Waals surface area contributed by atoms with Gasteiger partial charge in [0.2, 0.25) is 5.95 Å². The number of hydrogen-bond acceptors (Lipinski definition) is 6. The first-order chi connectivity index (χ1) is 15.4. The summed E-state index contributed by atoms with van der Waals surface area (Å²) < 4.78 is 16.9. The zero-order valence-electron chi connectivity index (χ0n) is 17.3. The maximum Gasteiger partial charge on any atom is 0.251 e. The topological polar surface area (TPSA) is 97.9 Å². The van der Waals surface area contributed by atoms with Crippen molar-refractivity contribution in [1.82, 2.24) is 24.3 Å². The molecule has 2 N–H and O–H groups in total. The number of aliphatic hydroxyl groups is 1. The summed E-state index contributed by atoms with van der Waals surface area (Å²) in [5, 5.41) is 17.1. The smallest absolute Gasteiger partial charge is 0.251 e. The fourth-order valence-electron chi connectivity index (χ4n) is 3.39. The van der Waals surface area contributed by atoms with Crippen molar-refractivity contribution < 1.29 is 9.50 Å². The van der Waals surface area contributed by atoms with E-state index in [1.54, 1.807) is 41.5 Å². The van der Waals surface area contributed by atoms with E-state index in [0.29, 0.717) is 22.8 Å². The predicted molar refractivity (Wildman–Crippen MR) is 120 cm³/mol.